The van der Waals surface area contributed by atoms with Crippen molar-refractivity contribution in [1.82, 2.24) is 5.32 Å². The van der Waals surface area contributed by atoms with Crippen LogP contribution in [-0.2, 0) is 0 Å². The van der Waals surface area contributed by atoms with Crippen molar-refractivity contribution in [3.63, 3.8) is 0 Å². The van der Waals surface area contributed by atoms with Gasteiger partial charge in [0.1, 0.15) is 0 Å². The van der Waals surface area contributed by atoms with Crippen molar-refractivity contribution in [3.05, 3.63) is 53.6 Å². The van der Waals surface area contributed by atoms with E-state index in [1.807, 2.05) is 13.1 Å². The molecule has 1 aromatic carbocycles. The largest absolute Gasteiger partial charge is 0.309 e. The first-order chi connectivity index (χ1) is 8.52. The van der Waals surface area contributed by atoms with E-state index in [2.05, 4.69) is 62.3 Å². The van der Waals surface area contributed by atoms with Gasteiger partial charge >= 0.3 is 0 Å². The Kier molecular flexibility index (Phi) is 4.89. The normalized spacial score (nSPS) is 12.7. The summed E-state index contributed by atoms with van der Waals surface area (Å²) in [6, 6.07) is 8.39. The molecular weight excluding hydrogens is 397 g/mol. The molecule has 2 aromatic rings. The van der Waals surface area contributed by atoms with Crippen molar-refractivity contribution < 1.29 is 0 Å². The molecule has 0 bridgehead atoms. The lowest BCUT2D eigenvalue weighted by Gasteiger charge is -2.17. The summed E-state index contributed by atoms with van der Waals surface area (Å²) < 4.78 is 2.08. The molecule has 0 saturated heterocycles. The molecule has 1 N–H and O–H groups in total. The highest BCUT2D eigenvalue weighted by molar-refractivity contribution is 9.11. The van der Waals surface area contributed by atoms with E-state index in [-0.39, 0.29) is 6.04 Å². The average molecular weight is 410 g/mol. The molecule has 0 aliphatic heterocycles. The topological polar surface area (TPSA) is 12.0 Å². The minimum absolute atomic E-state index is 0.182. The van der Waals surface area contributed by atoms with Crippen molar-refractivity contribution >= 4 is 54.8 Å². The Morgan fingerprint density at radius 1 is 1.28 bits per heavy atom. The number of hydrogen-bond donors (Lipinski definition) is 1. The van der Waals surface area contributed by atoms with Crippen molar-refractivity contribution in [2.45, 2.75) is 13.0 Å². The Hall–Kier alpha value is 0.130. The summed E-state index contributed by atoms with van der Waals surface area (Å²) in [6.45, 7) is 2.14. The molecule has 0 fully saturated rings. The first-order valence-electron chi connectivity index (χ1n) is 5.41. The molecule has 0 aliphatic carbocycles. The summed E-state index contributed by atoms with van der Waals surface area (Å²) in [6.07, 6.45) is 0. The fourth-order valence-corrected chi connectivity index (χ4v) is 4.20. The van der Waals surface area contributed by atoms with E-state index in [4.69, 9.17) is 11.6 Å². The summed E-state index contributed by atoms with van der Waals surface area (Å²) >= 11 is 14.8. The second-order valence-electron chi connectivity index (χ2n) is 3.96. The van der Waals surface area contributed by atoms with Crippen LogP contribution in [0.1, 0.15) is 22.0 Å². The summed E-state index contributed by atoms with van der Waals surface area (Å²) in [7, 11) is 1.97. The lowest BCUT2D eigenvalue weighted by molar-refractivity contribution is 0.690. The molecule has 2 rings (SSSR count). The number of aryl methyl sites for hydroxylation is 1. The molecular formula is C13H12Br2ClNS. The van der Waals surface area contributed by atoms with Gasteiger partial charge < -0.3 is 5.32 Å². The van der Waals surface area contributed by atoms with Crippen molar-refractivity contribution in [3.8, 4) is 0 Å². The third kappa shape index (κ3) is 2.99. The number of thiophene rings is 1. The molecule has 0 radical (unpaired) electrons. The van der Waals surface area contributed by atoms with Crippen LogP contribution in [0.2, 0.25) is 5.02 Å². The highest BCUT2D eigenvalue weighted by Gasteiger charge is 2.17. The molecule has 1 unspecified atom stereocenters. The fourth-order valence-electron chi connectivity index (χ4n) is 1.94. The SMILES string of the molecule is CNC(c1ccc(Cl)c(Br)c1)c1cc(Br)sc1C. The van der Waals surface area contributed by atoms with Crippen LogP contribution in [0.3, 0.4) is 0 Å². The molecule has 5 heteroatoms. The number of halogens is 3. The van der Waals surface area contributed by atoms with Crippen molar-refractivity contribution in [1.29, 1.82) is 0 Å². The molecule has 1 atom stereocenters. The first kappa shape index (κ1) is 14.5. The summed E-state index contributed by atoms with van der Waals surface area (Å²) in [5.41, 5.74) is 2.49. The smallest absolute Gasteiger partial charge is 0.0704 e. The van der Waals surface area contributed by atoms with Gasteiger partial charge in [-0.3, -0.25) is 0 Å². The Bertz CT molecular complexity index is 568. The van der Waals surface area contributed by atoms with Gasteiger partial charge in [-0.2, -0.15) is 0 Å². The van der Waals surface area contributed by atoms with Gasteiger partial charge in [0.05, 0.1) is 14.9 Å². The molecule has 96 valence electrons. The van der Waals surface area contributed by atoms with Crippen molar-refractivity contribution in [2.75, 3.05) is 7.05 Å². The third-order valence-electron chi connectivity index (χ3n) is 2.80. The average Bonchev–Trinajstić information content (AvgIpc) is 2.64. The van der Waals surface area contributed by atoms with E-state index in [0.717, 1.165) is 13.3 Å². The van der Waals surface area contributed by atoms with E-state index in [9.17, 15) is 0 Å². The quantitative estimate of drug-likeness (QED) is 0.701. The van der Waals surface area contributed by atoms with Gasteiger partial charge in [0.2, 0.25) is 0 Å². The second kappa shape index (κ2) is 6.06. The van der Waals surface area contributed by atoms with Gasteiger partial charge in [-0.1, -0.05) is 17.7 Å². The zero-order chi connectivity index (χ0) is 13.3. The standard InChI is InChI=1S/C13H12Br2ClNS/c1-7-9(6-12(15)18-7)13(17-2)8-3-4-11(16)10(14)5-8/h3-6,13,17H,1-2H3. The molecule has 1 heterocycles. The zero-order valence-electron chi connectivity index (χ0n) is 9.93. The van der Waals surface area contributed by atoms with Crippen LogP contribution in [0.15, 0.2) is 32.5 Å². The van der Waals surface area contributed by atoms with E-state index < -0.39 is 0 Å². The van der Waals surface area contributed by atoms with E-state index in [1.165, 1.54) is 16.0 Å². The highest BCUT2D eigenvalue weighted by atomic mass is 79.9. The predicted octanol–water partition coefficient (Wildman–Crippen LogP) is 5.54. The molecule has 18 heavy (non-hydrogen) atoms. The van der Waals surface area contributed by atoms with E-state index >= 15 is 0 Å². The third-order valence-corrected chi connectivity index (χ3v) is 5.59. The molecule has 0 spiro atoms. The number of benzene rings is 1. The number of rotatable bonds is 3. The maximum Gasteiger partial charge on any atom is 0.0704 e. The molecule has 0 aliphatic rings. The number of nitrogens with one attached hydrogen (secondary N) is 1. The Morgan fingerprint density at radius 3 is 2.50 bits per heavy atom. The fraction of sp³-hybridized carbons (Fsp3) is 0.231. The Balaban J connectivity index is 2.45. The molecule has 1 aromatic heterocycles. The van der Waals surface area contributed by atoms with E-state index in [0.29, 0.717) is 0 Å². The number of hydrogen-bond acceptors (Lipinski definition) is 2. The van der Waals surface area contributed by atoms with Gasteiger partial charge in [0.25, 0.3) is 0 Å². The zero-order valence-corrected chi connectivity index (χ0v) is 14.7. The van der Waals surface area contributed by atoms with Crippen LogP contribution in [0, 0.1) is 6.92 Å². The van der Waals surface area contributed by atoms with Crippen LogP contribution < -0.4 is 5.32 Å². The van der Waals surface area contributed by atoms with E-state index in [1.54, 1.807) is 11.3 Å². The highest BCUT2D eigenvalue weighted by Crippen LogP contribution is 2.35. The van der Waals surface area contributed by atoms with Crippen molar-refractivity contribution in [2.24, 2.45) is 0 Å². The summed E-state index contributed by atoms with van der Waals surface area (Å²) in [5, 5.41) is 4.09. The van der Waals surface area contributed by atoms with Crippen LogP contribution in [0.25, 0.3) is 0 Å². The summed E-state index contributed by atoms with van der Waals surface area (Å²) in [5.74, 6) is 0. The van der Waals surface area contributed by atoms with Gasteiger partial charge in [0.15, 0.2) is 0 Å². The van der Waals surface area contributed by atoms with Gasteiger partial charge in [0, 0.05) is 9.35 Å². The van der Waals surface area contributed by atoms with Gasteiger partial charge in [-0.25, -0.2) is 0 Å². The second-order valence-corrected chi connectivity index (χ2v) is 7.85. The van der Waals surface area contributed by atoms with Gasteiger partial charge in [-0.15, -0.1) is 11.3 Å². The molecule has 0 amide bonds. The predicted molar refractivity (Wildman–Crippen MR) is 86.8 cm³/mol. The minimum atomic E-state index is 0.182. The Labute approximate surface area is 133 Å². The maximum atomic E-state index is 6.04. The monoisotopic (exact) mass is 407 g/mol. The summed E-state index contributed by atoms with van der Waals surface area (Å²) in [4.78, 5) is 1.31. The lowest BCUT2D eigenvalue weighted by Crippen LogP contribution is -2.17. The first-order valence-corrected chi connectivity index (χ1v) is 8.19. The van der Waals surface area contributed by atoms with Crippen LogP contribution >= 0.6 is 54.8 Å². The maximum absolute atomic E-state index is 6.04. The van der Waals surface area contributed by atoms with Gasteiger partial charge in [-0.05, 0) is 75.2 Å². The lowest BCUT2D eigenvalue weighted by atomic mass is 10.00. The van der Waals surface area contributed by atoms with Crippen LogP contribution in [0.4, 0.5) is 0 Å². The molecule has 1 nitrogen and oxygen atoms in total. The molecule has 0 saturated carbocycles. The van der Waals surface area contributed by atoms with Crippen LogP contribution in [0.5, 0.6) is 0 Å². The Morgan fingerprint density at radius 2 is 2.00 bits per heavy atom. The minimum Gasteiger partial charge on any atom is -0.309 e. The van der Waals surface area contributed by atoms with Crippen LogP contribution in [-0.4, -0.2) is 7.05 Å².